The Kier molecular flexibility index (Phi) is 11.7. The molecule has 206 valence electrons. The number of carbonyl (C=O) groups excluding carboxylic acids is 1. The second kappa shape index (κ2) is 14.4. The number of alkyl halides is 3. The van der Waals surface area contributed by atoms with Gasteiger partial charge in [0.05, 0.1) is 12.2 Å². The van der Waals surface area contributed by atoms with Gasteiger partial charge in [-0.15, -0.1) is 0 Å². The maximum absolute atomic E-state index is 12.9. The molecule has 2 aliphatic heterocycles. The number of benzene rings is 1. The molecular weight excluding hydrogens is 497 g/mol. The number of amides is 1. The number of carbonyl (C=O) groups is 3. The molecular formula is C24H33F3N4O6. The van der Waals surface area contributed by atoms with E-state index in [1.807, 2.05) is 4.90 Å². The van der Waals surface area contributed by atoms with E-state index in [1.54, 1.807) is 17.9 Å². The average molecular weight is 531 g/mol. The van der Waals surface area contributed by atoms with Crippen molar-refractivity contribution in [1.29, 1.82) is 0 Å². The van der Waals surface area contributed by atoms with Crippen LogP contribution in [-0.4, -0.2) is 115 Å². The second-order valence-corrected chi connectivity index (χ2v) is 8.41. The maximum atomic E-state index is 12.9. The lowest BCUT2D eigenvalue weighted by atomic mass is 10.1. The molecule has 1 aromatic rings. The van der Waals surface area contributed by atoms with Gasteiger partial charge in [-0.1, -0.05) is 6.07 Å². The van der Waals surface area contributed by atoms with Gasteiger partial charge in [-0.3, -0.25) is 9.80 Å². The van der Waals surface area contributed by atoms with Crippen molar-refractivity contribution in [1.82, 2.24) is 14.7 Å². The number of nitrogens with zero attached hydrogens (tertiary/aromatic N) is 4. The minimum atomic E-state index is -4.31. The van der Waals surface area contributed by atoms with Crippen molar-refractivity contribution in [3.05, 3.63) is 42.0 Å². The predicted octanol–water partition coefficient (Wildman–Crippen LogP) is 2.31. The molecule has 0 unspecified atom stereocenters. The van der Waals surface area contributed by atoms with Crippen LogP contribution in [0.15, 0.2) is 36.4 Å². The third-order valence-electron chi connectivity index (χ3n) is 5.91. The van der Waals surface area contributed by atoms with Crippen LogP contribution in [0.1, 0.15) is 12.5 Å². The minimum absolute atomic E-state index is 0.238. The summed E-state index contributed by atoms with van der Waals surface area (Å²) >= 11 is 0. The van der Waals surface area contributed by atoms with Gasteiger partial charge in [0.15, 0.2) is 0 Å². The molecule has 2 heterocycles. The van der Waals surface area contributed by atoms with E-state index in [2.05, 4.69) is 9.80 Å². The van der Waals surface area contributed by atoms with Gasteiger partial charge < -0.3 is 24.7 Å². The van der Waals surface area contributed by atoms with E-state index in [9.17, 15) is 27.6 Å². The fourth-order valence-electron chi connectivity index (χ4n) is 3.90. The number of rotatable bonds is 7. The van der Waals surface area contributed by atoms with E-state index in [-0.39, 0.29) is 6.09 Å². The van der Waals surface area contributed by atoms with Crippen molar-refractivity contribution in [2.24, 2.45) is 0 Å². The number of piperazine rings is 2. The van der Waals surface area contributed by atoms with Crippen LogP contribution in [0.25, 0.3) is 0 Å². The molecule has 0 radical (unpaired) electrons. The number of hydrogen-bond acceptors (Lipinski definition) is 7. The van der Waals surface area contributed by atoms with Crippen molar-refractivity contribution in [2.45, 2.75) is 13.1 Å². The number of aliphatic carboxylic acids is 2. The van der Waals surface area contributed by atoms with Crippen LogP contribution in [0, 0.1) is 0 Å². The summed E-state index contributed by atoms with van der Waals surface area (Å²) in [5.41, 5.74) is 0.0361. The molecule has 0 saturated carbocycles. The predicted molar refractivity (Wildman–Crippen MR) is 130 cm³/mol. The van der Waals surface area contributed by atoms with Crippen molar-refractivity contribution < 1.29 is 42.5 Å². The van der Waals surface area contributed by atoms with Crippen LogP contribution in [0.5, 0.6) is 0 Å². The SMILES string of the molecule is CCOC(=O)N1CCN(CCN2CCN(c3cccc(C(F)(F)F)c3)CC2)CC1.O=C(O)C=CC(=O)O. The smallest absolute Gasteiger partial charge is 0.416 e. The standard InChI is InChI=1S/C20H29F3N4O2.C4H4O4/c1-2-29-19(28)27-14-10-25(11-15-27)7-6-24-8-12-26(13-9-24)18-5-3-4-17(16-18)20(21,22)23;5-3(6)1-2-4(7)8/h3-5,16H,2,6-15H2,1H3;1-2H,(H,5,6)(H,7,8). The molecule has 3 rings (SSSR count). The Balaban J connectivity index is 0.000000521. The molecule has 2 N–H and O–H groups in total. The van der Waals surface area contributed by atoms with Gasteiger partial charge in [0.1, 0.15) is 0 Å². The van der Waals surface area contributed by atoms with Gasteiger partial charge in [0.25, 0.3) is 0 Å². The summed E-state index contributed by atoms with van der Waals surface area (Å²) in [5.74, 6) is -2.51. The average Bonchev–Trinajstić information content (AvgIpc) is 2.87. The van der Waals surface area contributed by atoms with Crippen molar-refractivity contribution >= 4 is 23.7 Å². The van der Waals surface area contributed by atoms with Gasteiger partial charge in [0.2, 0.25) is 0 Å². The quantitative estimate of drug-likeness (QED) is 0.513. The van der Waals surface area contributed by atoms with Crippen LogP contribution in [0.2, 0.25) is 0 Å². The third-order valence-corrected chi connectivity index (χ3v) is 5.91. The van der Waals surface area contributed by atoms with Crippen molar-refractivity contribution in [2.75, 3.05) is 77.0 Å². The molecule has 0 bridgehead atoms. The first kappa shape index (κ1) is 29.9. The zero-order valence-corrected chi connectivity index (χ0v) is 20.7. The molecule has 0 spiro atoms. The molecule has 0 aliphatic carbocycles. The summed E-state index contributed by atoms with van der Waals surface area (Å²) < 4.78 is 43.8. The highest BCUT2D eigenvalue weighted by Gasteiger charge is 2.31. The number of carboxylic acid groups (broad SMARTS) is 2. The summed E-state index contributed by atoms with van der Waals surface area (Å²) in [5, 5.41) is 15.6. The Labute approximate surface area is 213 Å². The van der Waals surface area contributed by atoms with Crippen LogP contribution >= 0.6 is 0 Å². The van der Waals surface area contributed by atoms with Crippen LogP contribution in [0.3, 0.4) is 0 Å². The summed E-state index contributed by atoms with van der Waals surface area (Å²) in [7, 11) is 0. The number of carboxylic acids is 2. The fourth-order valence-corrected chi connectivity index (χ4v) is 3.90. The molecule has 1 amide bonds. The normalized spacial score (nSPS) is 17.3. The Morgan fingerprint density at radius 2 is 1.41 bits per heavy atom. The van der Waals surface area contributed by atoms with E-state index in [0.29, 0.717) is 37.5 Å². The Hall–Kier alpha value is -3.32. The first-order chi connectivity index (χ1) is 17.5. The van der Waals surface area contributed by atoms with Crippen LogP contribution < -0.4 is 4.90 Å². The number of hydrogen-bond donors (Lipinski definition) is 2. The number of ether oxygens (including phenoxy) is 1. The monoisotopic (exact) mass is 530 g/mol. The zero-order chi connectivity index (χ0) is 27.4. The number of anilines is 1. The highest BCUT2D eigenvalue weighted by molar-refractivity contribution is 5.89. The molecule has 0 atom stereocenters. The molecule has 13 heteroatoms. The maximum Gasteiger partial charge on any atom is 0.416 e. The molecule has 1 aromatic carbocycles. The van der Waals surface area contributed by atoms with E-state index in [0.717, 1.165) is 58.4 Å². The fraction of sp³-hybridized carbons (Fsp3) is 0.542. The molecule has 37 heavy (non-hydrogen) atoms. The second-order valence-electron chi connectivity index (χ2n) is 8.41. The summed E-state index contributed by atoms with van der Waals surface area (Å²) in [6, 6.07) is 5.56. The lowest BCUT2D eigenvalue weighted by Crippen LogP contribution is -2.52. The molecule has 2 saturated heterocycles. The van der Waals surface area contributed by atoms with Crippen LogP contribution in [0.4, 0.5) is 23.7 Å². The highest BCUT2D eigenvalue weighted by atomic mass is 19.4. The molecule has 2 aliphatic rings. The summed E-state index contributed by atoms with van der Waals surface area (Å²) in [6.45, 7) is 10.2. The Morgan fingerprint density at radius 1 is 0.892 bits per heavy atom. The minimum Gasteiger partial charge on any atom is -0.478 e. The van der Waals surface area contributed by atoms with Gasteiger partial charge in [-0.05, 0) is 25.1 Å². The Bertz CT molecular complexity index is 911. The Morgan fingerprint density at radius 3 is 1.86 bits per heavy atom. The van der Waals surface area contributed by atoms with E-state index < -0.39 is 23.7 Å². The van der Waals surface area contributed by atoms with Gasteiger partial charge in [-0.2, -0.15) is 13.2 Å². The van der Waals surface area contributed by atoms with E-state index >= 15 is 0 Å². The summed E-state index contributed by atoms with van der Waals surface area (Å²) in [4.78, 5) is 39.3. The van der Waals surface area contributed by atoms with Gasteiger partial charge in [-0.25, -0.2) is 14.4 Å². The lowest BCUT2D eigenvalue weighted by molar-refractivity contribution is -0.137. The van der Waals surface area contributed by atoms with Gasteiger partial charge in [0, 0.05) is 83.3 Å². The van der Waals surface area contributed by atoms with E-state index in [4.69, 9.17) is 14.9 Å². The largest absolute Gasteiger partial charge is 0.478 e. The molecule has 2 fully saturated rings. The number of halogens is 3. The molecule has 0 aromatic heterocycles. The van der Waals surface area contributed by atoms with Crippen molar-refractivity contribution in [3.63, 3.8) is 0 Å². The van der Waals surface area contributed by atoms with Gasteiger partial charge >= 0.3 is 24.2 Å². The van der Waals surface area contributed by atoms with E-state index in [1.165, 1.54) is 12.1 Å². The van der Waals surface area contributed by atoms with Crippen molar-refractivity contribution in [3.8, 4) is 0 Å². The highest BCUT2D eigenvalue weighted by Crippen LogP contribution is 2.31. The zero-order valence-electron chi connectivity index (χ0n) is 20.7. The topological polar surface area (TPSA) is 114 Å². The summed E-state index contributed by atoms with van der Waals surface area (Å²) in [6.07, 6.45) is -3.43. The first-order valence-corrected chi connectivity index (χ1v) is 11.9. The lowest BCUT2D eigenvalue weighted by Gasteiger charge is -2.38. The third kappa shape index (κ3) is 10.7. The first-order valence-electron chi connectivity index (χ1n) is 11.9. The molecule has 10 nitrogen and oxygen atoms in total. The van der Waals surface area contributed by atoms with Crippen LogP contribution in [-0.2, 0) is 20.5 Å².